The molecular weight excluding hydrogens is 661 g/mol. The van der Waals surface area contributed by atoms with Crippen LogP contribution in [0.4, 0.5) is 13.2 Å². The topological polar surface area (TPSA) is 50.8 Å². The van der Waals surface area contributed by atoms with E-state index in [9.17, 15) is 18.0 Å². The van der Waals surface area contributed by atoms with Crippen LogP contribution in [0.3, 0.4) is 0 Å². The summed E-state index contributed by atoms with van der Waals surface area (Å²) in [6.07, 6.45) is -4.37. The fourth-order valence-corrected chi connectivity index (χ4v) is 6.32. The van der Waals surface area contributed by atoms with Crippen LogP contribution in [0.5, 0.6) is 11.5 Å². The molecule has 5 rings (SSSR count). The van der Waals surface area contributed by atoms with Crippen molar-refractivity contribution < 1.29 is 27.4 Å². The van der Waals surface area contributed by atoms with E-state index in [1.54, 1.807) is 13.0 Å². The van der Waals surface area contributed by atoms with Crippen molar-refractivity contribution >= 4 is 17.5 Å². The number of carbonyl (C=O) groups excluding carboxylic acids is 1. The Morgan fingerprint density at radius 1 is 0.800 bits per heavy atom. The minimum Gasteiger partial charge on any atom is -0.494 e. The fourth-order valence-electron chi connectivity index (χ4n) is 6.03. The number of benzene rings is 5. The first-order valence-corrected chi connectivity index (χ1v) is 16.9. The van der Waals surface area contributed by atoms with Crippen molar-refractivity contribution in [3.63, 3.8) is 0 Å². The number of para-hydroxylation sites is 1. The van der Waals surface area contributed by atoms with E-state index in [-0.39, 0.29) is 23.9 Å². The minimum atomic E-state index is -4.57. The van der Waals surface area contributed by atoms with Crippen LogP contribution in [0.1, 0.15) is 48.1 Å². The number of hydrogen-bond donors (Lipinski definition) is 1. The van der Waals surface area contributed by atoms with Gasteiger partial charge in [-0.05, 0) is 72.9 Å². The largest absolute Gasteiger partial charge is 0.494 e. The molecule has 5 aromatic carbocycles. The summed E-state index contributed by atoms with van der Waals surface area (Å²) in [5.74, 6) is 1.10. The Hall–Kier alpha value is -4.79. The predicted molar refractivity (Wildman–Crippen MR) is 191 cm³/mol. The van der Waals surface area contributed by atoms with Crippen molar-refractivity contribution in [1.82, 2.24) is 10.2 Å². The van der Waals surface area contributed by atoms with Gasteiger partial charge in [0.15, 0.2) is 6.23 Å². The van der Waals surface area contributed by atoms with Crippen molar-refractivity contribution in [3.8, 4) is 11.5 Å². The van der Waals surface area contributed by atoms with Gasteiger partial charge in [0.1, 0.15) is 11.5 Å². The Labute approximate surface area is 296 Å². The third-order valence-corrected chi connectivity index (χ3v) is 9.02. The molecule has 0 saturated carbocycles. The maximum absolute atomic E-state index is 13.8. The molecule has 0 heterocycles. The summed E-state index contributed by atoms with van der Waals surface area (Å²) < 4.78 is 53.4. The Kier molecular flexibility index (Phi) is 12.2. The van der Waals surface area contributed by atoms with E-state index in [0.29, 0.717) is 36.6 Å². The first-order chi connectivity index (χ1) is 24.0. The SMILES string of the molecule is CC(NC(=O)Cc1cccc(OCCCN(Cc2cccc(C(F)(F)F)c2Cl)C(C)(c2ccccc2)c2ccccc2)c1)Oc1ccccc1. The van der Waals surface area contributed by atoms with E-state index in [1.807, 2.05) is 115 Å². The monoisotopic (exact) mass is 700 g/mol. The van der Waals surface area contributed by atoms with Gasteiger partial charge >= 0.3 is 6.18 Å². The molecule has 9 heteroatoms. The van der Waals surface area contributed by atoms with Crippen LogP contribution in [-0.2, 0) is 29.5 Å². The number of nitrogens with one attached hydrogen (secondary N) is 1. The zero-order chi connectivity index (χ0) is 35.6. The molecule has 1 N–H and O–H groups in total. The van der Waals surface area contributed by atoms with Crippen LogP contribution in [0, 0.1) is 0 Å². The first-order valence-electron chi connectivity index (χ1n) is 16.5. The van der Waals surface area contributed by atoms with E-state index < -0.39 is 23.5 Å². The van der Waals surface area contributed by atoms with Crippen molar-refractivity contribution in [2.24, 2.45) is 0 Å². The highest BCUT2D eigenvalue weighted by Gasteiger charge is 2.38. The average Bonchev–Trinajstić information content (AvgIpc) is 3.10. The first kappa shape index (κ1) is 36.5. The minimum absolute atomic E-state index is 0.151. The highest BCUT2D eigenvalue weighted by Crippen LogP contribution is 2.40. The van der Waals surface area contributed by atoms with Gasteiger partial charge in [0.25, 0.3) is 0 Å². The molecule has 0 aliphatic rings. The predicted octanol–water partition coefficient (Wildman–Crippen LogP) is 9.68. The molecule has 0 aliphatic carbocycles. The third-order valence-electron chi connectivity index (χ3n) is 8.57. The Morgan fingerprint density at radius 3 is 2.00 bits per heavy atom. The summed E-state index contributed by atoms with van der Waals surface area (Å²) in [5, 5.41) is 2.56. The number of halogens is 4. The van der Waals surface area contributed by atoms with Crippen molar-refractivity contribution in [2.75, 3.05) is 13.2 Å². The van der Waals surface area contributed by atoms with E-state index in [1.165, 1.54) is 6.07 Å². The van der Waals surface area contributed by atoms with Gasteiger partial charge in [0.2, 0.25) is 5.91 Å². The molecule has 0 radical (unpaired) electrons. The maximum atomic E-state index is 13.8. The molecule has 5 nitrogen and oxygen atoms in total. The van der Waals surface area contributed by atoms with Gasteiger partial charge in [0, 0.05) is 13.1 Å². The lowest BCUT2D eigenvalue weighted by Gasteiger charge is -2.43. The molecule has 0 saturated heterocycles. The Bertz CT molecular complexity index is 1780. The average molecular weight is 701 g/mol. The number of alkyl halides is 3. The molecule has 1 atom stereocenters. The zero-order valence-electron chi connectivity index (χ0n) is 28.0. The second-order valence-electron chi connectivity index (χ2n) is 12.2. The molecular formula is C41H40ClF3N2O3. The van der Waals surface area contributed by atoms with Crippen LogP contribution >= 0.6 is 11.6 Å². The van der Waals surface area contributed by atoms with Crippen LogP contribution in [0.15, 0.2) is 133 Å². The standard InChI is InChI=1S/C41H40ClF3N2O3/c1-30(50-35-21-10-5-11-22-35)46-38(48)28-31-15-12-23-36(27-31)49-26-14-25-47(29-32-16-13-24-37(39(32)42)41(43,44)45)40(2,33-17-6-3-7-18-33)34-19-8-4-9-20-34/h3-13,15-24,27,30H,14,25-26,28-29H2,1-2H3,(H,46,48). The fraction of sp³-hybridized carbons (Fsp3) is 0.244. The molecule has 260 valence electrons. The van der Waals surface area contributed by atoms with Gasteiger partial charge in [0.05, 0.1) is 29.2 Å². The third kappa shape index (κ3) is 9.46. The van der Waals surface area contributed by atoms with Crippen molar-refractivity contribution in [3.05, 3.63) is 166 Å². The highest BCUT2D eigenvalue weighted by molar-refractivity contribution is 6.32. The molecule has 50 heavy (non-hydrogen) atoms. The number of rotatable bonds is 15. The summed E-state index contributed by atoms with van der Waals surface area (Å²) >= 11 is 6.43. The number of carbonyl (C=O) groups is 1. The molecule has 1 amide bonds. The van der Waals surface area contributed by atoms with Crippen LogP contribution in [0.2, 0.25) is 5.02 Å². The molecule has 1 unspecified atom stereocenters. The quantitative estimate of drug-likeness (QED) is 0.0873. The van der Waals surface area contributed by atoms with Crippen LogP contribution in [0.25, 0.3) is 0 Å². The molecule has 0 aliphatic heterocycles. The number of amides is 1. The smallest absolute Gasteiger partial charge is 0.417 e. The second kappa shape index (κ2) is 16.7. The zero-order valence-corrected chi connectivity index (χ0v) is 28.8. The maximum Gasteiger partial charge on any atom is 0.417 e. The van der Waals surface area contributed by atoms with Crippen LogP contribution in [-0.4, -0.2) is 30.2 Å². The van der Waals surface area contributed by atoms with Gasteiger partial charge in [-0.1, -0.05) is 115 Å². The highest BCUT2D eigenvalue weighted by atomic mass is 35.5. The van der Waals surface area contributed by atoms with Crippen LogP contribution < -0.4 is 14.8 Å². The summed E-state index contributed by atoms with van der Waals surface area (Å²) in [4.78, 5) is 14.9. The number of hydrogen-bond acceptors (Lipinski definition) is 4. The van der Waals surface area contributed by atoms with Gasteiger partial charge in [-0.3, -0.25) is 9.69 Å². The van der Waals surface area contributed by atoms with Crippen molar-refractivity contribution in [2.45, 2.75) is 51.2 Å². The lowest BCUT2D eigenvalue weighted by Crippen LogP contribution is -2.45. The van der Waals surface area contributed by atoms with Gasteiger partial charge in [-0.15, -0.1) is 0 Å². The van der Waals surface area contributed by atoms with Gasteiger partial charge in [-0.25, -0.2) is 0 Å². The second-order valence-corrected chi connectivity index (χ2v) is 12.5. The van der Waals surface area contributed by atoms with Gasteiger partial charge < -0.3 is 14.8 Å². The van der Waals surface area contributed by atoms with E-state index in [4.69, 9.17) is 21.1 Å². The molecule has 0 spiro atoms. The summed E-state index contributed by atoms with van der Waals surface area (Å²) in [6.45, 7) is 4.84. The van der Waals surface area contributed by atoms with Gasteiger partial charge in [-0.2, -0.15) is 13.2 Å². The van der Waals surface area contributed by atoms with E-state index in [2.05, 4.69) is 17.1 Å². The Morgan fingerprint density at radius 2 is 1.38 bits per heavy atom. The number of ether oxygens (including phenoxy) is 2. The van der Waals surface area contributed by atoms with E-state index >= 15 is 0 Å². The lowest BCUT2D eigenvalue weighted by molar-refractivity contribution is -0.137. The molecule has 0 aromatic heterocycles. The molecule has 0 bridgehead atoms. The summed E-state index contributed by atoms with van der Waals surface area (Å²) in [7, 11) is 0. The molecule has 5 aromatic rings. The normalized spacial score (nSPS) is 12.4. The summed E-state index contributed by atoms with van der Waals surface area (Å²) in [6, 6.07) is 40.5. The summed E-state index contributed by atoms with van der Waals surface area (Å²) in [5.41, 5.74) is 1.58. The van der Waals surface area contributed by atoms with Crippen molar-refractivity contribution in [1.29, 1.82) is 0 Å². The van der Waals surface area contributed by atoms with E-state index in [0.717, 1.165) is 22.8 Å². The number of nitrogens with zero attached hydrogens (tertiary/aromatic N) is 1. The lowest BCUT2D eigenvalue weighted by atomic mass is 9.82. The molecule has 0 fully saturated rings. The Balaban J connectivity index is 1.30.